The maximum atomic E-state index is 12.5. The first-order valence-electron chi connectivity index (χ1n) is 38.8. The number of halogens is 2. The summed E-state index contributed by atoms with van der Waals surface area (Å²) in [7, 11) is -10.3. The van der Waals surface area contributed by atoms with E-state index < -0.39 is 76.1 Å². The summed E-state index contributed by atoms with van der Waals surface area (Å²) < 4.78 is 37.8. The Bertz CT molecular complexity index is 4270. The maximum absolute atomic E-state index is 12.5. The SMILES string of the molecule is C.C[C@@H](NC[C@H](O)CP(=O)(O)CCCCCN)c1cccc(C(=O)O)c1.C[C@@H](NC[C@H](O)CP(=O)(O)CCCCCNC(=O)CCc1ccc(O)c([125I])c1)c1cccc(C(=O)O)c1.C[C@@H](NC[C@H](O)CP(=O)(O)CCCCCNC(=O)CCc1ccc(O)cc1)c1cccc(C(=O)O)c1.Cl.O=C(CCc1ccc(O)cc1)ON1C(=O)CCC1=O. The Hall–Kier alpha value is -8.01. The lowest BCUT2D eigenvalue weighted by molar-refractivity contribution is -0.197. The number of aliphatic hydroxyl groups excluding tert-OH is 3. The van der Waals surface area contributed by atoms with Crippen LogP contribution in [-0.4, -0.2) is 208 Å². The van der Waals surface area contributed by atoms with Gasteiger partial charge in [-0.25, -0.2) is 19.2 Å². The van der Waals surface area contributed by atoms with Crippen LogP contribution in [0.1, 0.15) is 201 Å². The van der Waals surface area contributed by atoms with Crippen LogP contribution in [0.3, 0.4) is 0 Å². The molecular weight excluding hydrogens is 1730 g/mol. The second-order valence-electron chi connectivity index (χ2n) is 28.7. The molecule has 119 heavy (non-hydrogen) atoms. The Kier molecular flexibility index (Phi) is 50.9. The Morgan fingerprint density at radius 2 is 0.798 bits per heavy atom. The lowest BCUT2D eigenvalue weighted by atomic mass is 10.1. The van der Waals surface area contributed by atoms with E-state index in [4.69, 9.17) is 31.0 Å². The van der Waals surface area contributed by atoms with Crippen LogP contribution in [0.25, 0.3) is 0 Å². The van der Waals surface area contributed by atoms with E-state index in [-0.39, 0.29) is 160 Å². The molecule has 31 nitrogen and oxygen atoms in total. The number of aromatic carboxylic acids is 3. The molecule has 19 N–H and O–H groups in total. The molecule has 6 aromatic carbocycles. The Labute approximate surface area is 715 Å². The molecule has 0 saturated carbocycles. The number of carboxylic acid groups (broad SMARTS) is 3. The number of benzene rings is 6. The zero-order valence-corrected chi connectivity index (χ0v) is 72.3. The van der Waals surface area contributed by atoms with E-state index in [1.54, 1.807) is 103 Å². The summed E-state index contributed by atoms with van der Waals surface area (Å²) in [6.45, 7) is 7.45. The third-order valence-corrected chi connectivity index (χ3v) is 25.5. The van der Waals surface area contributed by atoms with Gasteiger partial charge in [0.05, 0.1) is 63.5 Å². The molecule has 9 atom stereocenters. The Morgan fingerprint density at radius 1 is 0.471 bits per heavy atom. The molecule has 1 aliphatic rings. The smallest absolute Gasteiger partial charge is 0.335 e. The number of nitrogens with one attached hydrogen (secondary N) is 5. The van der Waals surface area contributed by atoms with Gasteiger partial charge in [-0.15, -0.1) is 17.5 Å². The monoisotopic (exact) mass is 1850 g/mol. The van der Waals surface area contributed by atoms with Gasteiger partial charge in [0.1, 0.15) is 17.2 Å². The zero-order valence-electron chi connectivity index (χ0n) is 66.7. The van der Waals surface area contributed by atoms with Crippen LogP contribution in [0.2, 0.25) is 0 Å². The quantitative estimate of drug-likeness (QED) is 0.00730. The van der Waals surface area contributed by atoms with Gasteiger partial charge in [-0.3, -0.25) is 32.9 Å². The Balaban J connectivity index is 0.000000550. The second-order valence-corrected chi connectivity index (χ2v) is 37.4. The molecule has 0 bridgehead atoms. The highest BCUT2D eigenvalue weighted by Crippen LogP contribution is 2.44. The summed E-state index contributed by atoms with van der Waals surface area (Å²) >= 11 is 2.04. The first-order valence-corrected chi connectivity index (χ1v) is 46.0. The van der Waals surface area contributed by atoms with E-state index >= 15 is 0 Å². The van der Waals surface area contributed by atoms with Crippen molar-refractivity contribution >= 4 is 105 Å². The molecule has 1 saturated heterocycles. The minimum Gasteiger partial charge on any atom is -0.508 e. The van der Waals surface area contributed by atoms with Crippen LogP contribution in [0.5, 0.6) is 17.2 Å². The number of carbonyl (C=O) groups excluding carboxylic acids is 5. The molecule has 7 rings (SSSR count). The number of phenolic OH excluding ortho intramolecular Hbond substituents is 3. The van der Waals surface area contributed by atoms with Gasteiger partial charge in [0.2, 0.25) is 33.9 Å². The number of aryl methyl sites for hydroxylation is 3. The molecule has 1 aliphatic heterocycles. The van der Waals surface area contributed by atoms with Crippen molar-refractivity contribution in [3.8, 4) is 17.2 Å². The van der Waals surface area contributed by atoms with Crippen molar-refractivity contribution in [2.45, 2.75) is 174 Å². The van der Waals surface area contributed by atoms with Gasteiger partial charge >= 0.3 is 23.9 Å². The number of aromatic hydroxyl groups is 3. The fourth-order valence-corrected chi connectivity index (χ4v) is 17.4. The van der Waals surface area contributed by atoms with Crippen LogP contribution in [0, 0.1) is 3.57 Å². The number of hydrogen-bond donors (Lipinski definition) is 18. The molecule has 0 spiro atoms. The highest BCUT2D eigenvalue weighted by Gasteiger charge is 2.33. The van der Waals surface area contributed by atoms with Crippen LogP contribution in [0.15, 0.2) is 140 Å². The number of carbonyl (C=O) groups is 8. The van der Waals surface area contributed by atoms with Crippen molar-refractivity contribution in [2.24, 2.45) is 5.73 Å². The normalized spacial score (nSPS) is 14.7. The molecule has 36 heteroatoms. The largest absolute Gasteiger partial charge is 0.508 e. The first kappa shape index (κ1) is 107. The summed E-state index contributed by atoms with van der Waals surface area (Å²) in [5.74, 6) is -4.17. The standard InChI is InChI=1S/C26H36IN2O7P.C26H37N2O7P.C17H29N2O5P.C13H13NO5.CH4.ClH/c1-18(20-6-5-7-21(15-20)26(33)34)29-16-22(30)17-37(35,36)13-4-2-3-12-28-25(32)11-9-19-8-10-24(31)23(27)14-19;1-19(21-6-5-7-22(16-21)26(32)33)28-17-24(30)18-36(34,35)15-4-2-3-14-27-25(31)13-10-20-8-11-23(29)12-9-20;1-13(14-6-5-7-15(10-14)17(21)22)19-11-16(20)12-25(23,24)9-4-2-3-8-18;15-10-4-1-9(2-5-10)3-8-13(18)19-14-11(16)6-7-12(14)17;;/h5-8,10,14-15,18,22,29-31H,2-4,9,11-13,16-17H2,1H3,(H,28,32)(H,33,34)(H,35,36);5-9,11-12,16,19,24,28-30H,2-4,10,13-15,17-18H2,1H3,(H,27,31)(H,32,33)(H,34,35);5-7,10,13,16,19-20H,2-4,8-9,11-12,18H2,1H3,(H,21,22)(H,23,24);1-2,4-5,15H,3,6-8H2;1H4;1H/t18-,22+;19-,24+;13-,16+;;;/m111.../s1/i27-2;;;;;. The topological polar surface area (TPSA) is 529 Å². The molecule has 660 valence electrons. The third kappa shape index (κ3) is 45.5. The number of aliphatic hydroxyl groups is 3. The number of phenols is 3. The number of nitrogens with two attached hydrogens (primary N) is 1. The summed E-state index contributed by atoms with van der Waals surface area (Å²) in [4.78, 5) is 126. The highest BCUT2D eigenvalue weighted by atomic mass is 125. The van der Waals surface area contributed by atoms with Gasteiger partial charge in [-0.2, -0.15) is 0 Å². The molecule has 0 aromatic heterocycles. The van der Waals surface area contributed by atoms with E-state index in [1.807, 2.05) is 49.4 Å². The van der Waals surface area contributed by atoms with Gasteiger partial charge in [0.15, 0.2) is 0 Å². The third-order valence-electron chi connectivity index (χ3n) is 18.6. The number of carboxylic acids is 3. The van der Waals surface area contributed by atoms with Crippen LogP contribution in [-0.2, 0) is 61.8 Å². The fourth-order valence-electron chi connectivity index (χ4n) is 11.8. The number of rotatable bonds is 48. The number of imide groups is 1. The average molecular weight is 1850 g/mol. The van der Waals surface area contributed by atoms with Crippen LogP contribution < -0.4 is 32.3 Å². The van der Waals surface area contributed by atoms with Crippen LogP contribution in [0.4, 0.5) is 0 Å². The molecule has 0 aliphatic carbocycles. The maximum Gasteiger partial charge on any atom is 0.335 e. The first-order chi connectivity index (χ1) is 55.3. The highest BCUT2D eigenvalue weighted by molar-refractivity contribution is 14.1. The summed E-state index contributed by atoms with van der Waals surface area (Å²) in [6.07, 6.45) is 5.49. The molecule has 1 fully saturated rings. The number of nitrogens with zero attached hydrogens (tertiary/aromatic N) is 1. The zero-order chi connectivity index (χ0) is 86.7. The minimum absolute atomic E-state index is 0. The predicted octanol–water partition coefficient (Wildman–Crippen LogP) is 11.0. The lowest BCUT2D eigenvalue weighted by Gasteiger charge is -2.20. The fraction of sp³-hybridized carbons (Fsp3) is 0.470. The summed E-state index contributed by atoms with van der Waals surface area (Å²) in [5, 5.41) is 101. The van der Waals surface area contributed by atoms with E-state index in [0.29, 0.717) is 102 Å². The van der Waals surface area contributed by atoms with Crippen molar-refractivity contribution in [3.05, 3.63) is 193 Å². The van der Waals surface area contributed by atoms with E-state index in [0.717, 1.165) is 49.8 Å². The lowest BCUT2D eigenvalue weighted by Crippen LogP contribution is -2.32. The summed E-state index contributed by atoms with van der Waals surface area (Å²) in [6, 6.07) is 37.3. The number of unbranched alkanes of at least 4 members (excludes halogenated alkanes) is 6. The van der Waals surface area contributed by atoms with Crippen molar-refractivity contribution in [1.82, 2.24) is 31.6 Å². The molecule has 6 aromatic rings. The molecule has 0 radical (unpaired) electrons. The van der Waals surface area contributed by atoms with E-state index in [9.17, 15) is 92.3 Å². The number of amides is 4. The average Bonchev–Trinajstić information content (AvgIpc) is 1.47. The van der Waals surface area contributed by atoms with Gasteiger partial charge in [0, 0.05) is 95.0 Å². The van der Waals surface area contributed by atoms with Crippen molar-refractivity contribution < 1.29 is 118 Å². The van der Waals surface area contributed by atoms with E-state index in [1.165, 1.54) is 30.3 Å². The van der Waals surface area contributed by atoms with Gasteiger partial charge in [0.25, 0.3) is 11.8 Å². The predicted molar refractivity (Wildman–Crippen MR) is 466 cm³/mol. The van der Waals surface area contributed by atoms with Crippen molar-refractivity contribution in [1.29, 1.82) is 0 Å². The number of hydrogen-bond acceptors (Lipinski definition) is 22. The molecule has 3 unspecified atom stereocenters. The van der Waals surface area contributed by atoms with Gasteiger partial charge < -0.3 is 97.8 Å². The summed E-state index contributed by atoms with van der Waals surface area (Å²) in [5.41, 5.74) is 11.0. The van der Waals surface area contributed by atoms with Crippen molar-refractivity contribution in [2.75, 3.05) is 76.2 Å². The Morgan fingerprint density at radius 3 is 1.13 bits per heavy atom. The van der Waals surface area contributed by atoms with Crippen LogP contribution >= 0.6 is 57.1 Å². The molecule has 1 heterocycles. The molecular formula is C83H120ClIN7O24P3. The molecule has 4 amide bonds. The van der Waals surface area contributed by atoms with Gasteiger partial charge in [-0.05, 0) is 214 Å². The van der Waals surface area contributed by atoms with Crippen molar-refractivity contribution in [3.63, 3.8) is 0 Å². The second kappa shape index (κ2) is 56.6. The number of hydroxylamine groups is 2. The van der Waals surface area contributed by atoms with Gasteiger partial charge in [-0.1, -0.05) is 93.4 Å². The van der Waals surface area contributed by atoms with E-state index in [2.05, 4.69) is 26.6 Å². The minimum atomic E-state index is -3.50.